The van der Waals surface area contributed by atoms with Gasteiger partial charge in [-0.2, -0.15) is 5.10 Å². The molecule has 8 heteroatoms. The number of methoxy groups -OCH3 is 1. The van der Waals surface area contributed by atoms with Crippen LogP contribution in [0.25, 0.3) is 0 Å². The standard InChI is InChI=1S/C23H22N4O4/c1-30-20-13-9-19(10-14-20)25-22(28)16-31-21-11-7-17(8-12-21)15-24-27-23(29)26-18-5-3-2-4-6-18/h2-15H,16H2,1H3,(H,25,28)(H2,26,27,29)/b24-15-. The summed E-state index contributed by atoms with van der Waals surface area (Å²) in [7, 11) is 1.58. The first-order valence-electron chi connectivity index (χ1n) is 9.44. The maximum atomic E-state index is 12.0. The molecule has 0 saturated carbocycles. The first-order valence-corrected chi connectivity index (χ1v) is 9.44. The highest BCUT2D eigenvalue weighted by atomic mass is 16.5. The van der Waals surface area contributed by atoms with Gasteiger partial charge in [-0.05, 0) is 66.2 Å². The Hall–Kier alpha value is -4.33. The topological polar surface area (TPSA) is 101 Å². The molecule has 8 nitrogen and oxygen atoms in total. The summed E-state index contributed by atoms with van der Waals surface area (Å²) in [4.78, 5) is 23.8. The second kappa shape index (κ2) is 11.0. The molecule has 0 aliphatic rings. The maximum Gasteiger partial charge on any atom is 0.339 e. The van der Waals surface area contributed by atoms with Crippen LogP contribution in [0.5, 0.6) is 11.5 Å². The zero-order valence-corrected chi connectivity index (χ0v) is 16.9. The summed E-state index contributed by atoms with van der Waals surface area (Å²) in [5.41, 5.74) is 4.48. The number of hydrogen-bond donors (Lipinski definition) is 3. The van der Waals surface area contributed by atoms with E-state index in [0.717, 1.165) is 5.56 Å². The number of nitrogens with zero attached hydrogens (tertiary/aromatic N) is 1. The molecule has 0 fully saturated rings. The molecule has 158 valence electrons. The van der Waals surface area contributed by atoms with Gasteiger partial charge >= 0.3 is 6.03 Å². The monoisotopic (exact) mass is 418 g/mol. The van der Waals surface area contributed by atoms with Crippen molar-refractivity contribution in [1.82, 2.24) is 5.43 Å². The second-order valence-electron chi connectivity index (χ2n) is 6.32. The Morgan fingerprint density at radius 1 is 0.839 bits per heavy atom. The lowest BCUT2D eigenvalue weighted by molar-refractivity contribution is -0.118. The van der Waals surface area contributed by atoms with Crippen LogP contribution >= 0.6 is 0 Å². The fourth-order valence-corrected chi connectivity index (χ4v) is 2.52. The predicted molar refractivity (Wildman–Crippen MR) is 120 cm³/mol. The van der Waals surface area contributed by atoms with E-state index in [9.17, 15) is 9.59 Å². The van der Waals surface area contributed by atoms with Crippen LogP contribution in [0, 0.1) is 0 Å². The van der Waals surface area contributed by atoms with Crippen LogP contribution in [0.2, 0.25) is 0 Å². The van der Waals surface area contributed by atoms with Gasteiger partial charge in [0.1, 0.15) is 11.5 Å². The number of benzene rings is 3. The summed E-state index contributed by atoms with van der Waals surface area (Å²) in [5, 5.41) is 9.30. The number of amides is 3. The van der Waals surface area contributed by atoms with Crippen LogP contribution in [0.15, 0.2) is 84.0 Å². The molecule has 0 unspecified atom stereocenters. The highest BCUT2D eigenvalue weighted by Crippen LogP contribution is 2.15. The van der Waals surface area contributed by atoms with Crippen molar-refractivity contribution in [3.63, 3.8) is 0 Å². The third-order valence-electron chi connectivity index (χ3n) is 4.04. The van der Waals surface area contributed by atoms with Crippen molar-refractivity contribution >= 4 is 29.5 Å². The molecule has 0 aliphatic carbocycles. The molecular weight excluding hydrogens is 396 g/mol. The molecule has 0 heterocycles. The summed E-state index contributed by atoms with van der Waals surface area (Å²) >= 11 is 0. The lowest BCUT2D eigenvalue weighted by atomic mass is 10.2. The summed E-state index contributed by atoms with van der Waals surface area (Å²) < 4.78 is 10.6. The van der Waals surface area contributed by atoms with Gasteiger partial charge in [-0.25, -0.2) is 10.2 Å². The molecule has 0 spiro atoms. The van der Waals surface area contributed by atoms with Gasteiger partial charge in [0, 0.05) is 11.4 Å². The third kappa shape index (κ3) is 7.21. The number of anilines is 2. The summed E-state index contributed by atoms with van der Waals surface area (Å²) in [5.74, 6) is 0.978. The van der Waals surface area contributed by atoms with Crippen molar-refractivity contribution in [1.29, 1.82) is 0 Å². The average Bonchev–Trinajstić information content (AvgIpc) is 2.80. The van der Waals surface area contributed by atoms with Crippen LogP contribution < -0.4 is 25.5 Å². The molecule has 3 aromatic carbocycles. The molecule has 3 aromatic rings. The van der Waals surface area contributed by atoms with Crippen molar-refractivity contribution in [2.75, 3.05) is 24.4 Å². The highest BCUT2D eigenvalue weighted by Gasteiger charge is 2.04. The number of para-hydroxylation sites is 1. The predicted octanol–water partition coefficient (Wildman–Crippen LogP) is 3.87. The lowest BCUT2D eigenvalue weighted by Gasteiger charge is -2.08. The van der Waals surface area contributed by atoms with E-state index >= 15 is 0 Å². The van der Waals surface area contributed by atoms with E-state index in [0.29, 0.717) is 22.9 Å². The molecule has 0 bridgehead atoms. The molecule has 0 aromatic heterocycles. The summed E-state index contributed by atoms with van der Waals surface area (Å²) in [6, 6.07) is 22.6. The van der Waals surface area contributed by atoms with Crippen molar-refractivity contribution in [3.05, 3.63) is 84.4 Å². The fraction of sp³-hybridized carbons (Fsp3) is 0.0870. The Kier molecular flexibility index (Phi) is 7.59. The first kappa shape index (κ1) is 21.4. The Morgan fingerprint density at radius 3 is 2.16 bits per heavy atom. The van der Waals surface area contributed by atoms with Gasteiger partial charge in [0.25, 0.3) is 5.91 Å². The van der Waals surface area contributed by atoms with Gasteiger partial charge in [-0.1, -0.05) is 18.2 Å². The van der Waals surface area contributed by atoms with Crippen molar-refractivity contribution < 1.29 is 19.1 Å². The first-order chi connectivity index (χ1) is 15.1. The van der Waals surface area contributed by atoms with Crippen LogP contribution in [0.3, 0.4) is 0 Å². The van der Waals surface area contributed by atoms with Crippen LogP contribution in [-0.2, 0) is 4.79 Å². The van der Waals surface area contributed by atoms with E-state index in [1.807, 2.05) is 18.2 Å². The number of ether oxygens (including phenoxy) is 2. The highest BCUT2D eigenvalue weighted by molar-refractivity contribution is 5.92. The number of rotatable bonds is 8. The van der Waals surface area contributed by atoms with Crippen LogP contribution in [0.4, 0.5) is 16.2 Å². The molecule has 3 amide bonds. The SMILES string of the molecule is COc1ccc(NC(=O)COc2ccc(/C=N\NC(=O)Nc3ccccc3)cc2)cc1. The van der Waals surface area contributed by atoms with Gasteiger partial charge in [-0.15, -0.1) is 0 Å². The van der Waals surface area contributed by atoms with Gasteiger partial charge < -0.3 is 20.1 Å². The quantitative estimate of drug-likeness (QED) is 0.382. The van der Waals surface area contributed by atoms with Crippen molar-refractivity contribution in [3.8, 4) is 11.5 Å². The Labute approximate surface area is 179 Å². The van der Waals surface area contributed by atoms with Gasteiger partial charge in [-0.3, -0.25) is 4.79 Å². The van der Waals surface area contributed by atoms with E-state index < -0.39 is 6.03 Å². The largest absolute Gasteiger partial charge is 0.497 e. The summed E-state index contributed by atoms with van der Waals surface area (Å²) in [6.45, 7) is -0.124. The Balaban J connectivity index is 1.41. The zero-order chi connectivity index (χ0) is 21.9. The molecule has 0 saturated heterocycles. The van der Waals surface area contributed by atoms with Crippen molar-refractivity contribution in [2.45, 2.75) is 0 Å². The molecule has 0 atom stereocenters. The van der Waals surface area contributed by atoms with Crippen LogP contribution in [0.1, 0.15) is 5.56 Å². The number of carbonyl (C=O) groups is 2. The number of hydrogen-bond acceptors (Lipinski definition) is 5. The van der Waals surface area contributed by atoms with Crippen LogP contribution in [-0.4, -0.2) is 31.9 Å². The molecule has 0 aliphatic heterocycles. The molecule has 3 rings (SSSR count). The minimum Gasteiger partial charge on any atom is -0.497 e. The maximum absolute atomic E-state index is 12.0. The minimum absolute atomic E-state index is 0.124. The van der Waals surface area contributed by atoms with Gasteiger partial charge in [0.15, 0.2) is 6.61 Å². The molecule has 31 heavy (non-hydrogen) atoms. The van der Waals surface area contributed by atoms with Gasteiger partial charge in [0.05, 0.1) is 13.3 Å². The lowest BCUT2D eigenvalue weighted by Crippen LogP contribution is -2.24. The Bertz CT molecular complexity index is 1020. The average molecular weight is 418 g/mol. The van der Waals surface area contributed by atoms with Crippen molar-refractivity contribution in [2.24, 2.45) is 5.10 Å². The number of nitrogens with one attached hydrogen (secondary N) is 3. The van der Waals surface area contributed by atoms with E-state index in [-0.39, 0.29) is 12.5 Å². The smallest absolute Gasteiger partial charge is 0.339 e. The molecule has 3 N–H and O–H groups in total. The van der Waals surface area contributed by atoms with E-state index in [1.165, 1.54) is 6.21 Å². The Morgan fingerprint density at radius 2 is 1.48 bits per heavy atom. The normalized spacial score (nSPS) is 10.4. The second-order valence-corrected chi connectivity index (χ2v) is 6.32. The van der Waals surface area contributed by atoms with Gasteiger partial charge in [0.2, 0.25) is 0 Å². The zero-order valence-electron chi connectivity index (χ0n) is 16.9. The number of urea groups is 1. The summed E-state index contributed by atoms with van der Waals surface area (Å²) in [6.07, 6.45) is 1.50. The fourth-order valence-electron chi connectivity index (χ4n) is 2.52. The number of hydrazone groups is 1. The number of carbonyl (C=O) groups excluding carboxylic acids is 2. The third-order valence-corrected chi connectivity index (χ3v) is 4.04. The molecular formula is C23H22N4O4. The minimum atomic E-state index is -0.440. The van der Waals surface area contributed by atoms with E-state index in [2.05, 4.69) is 21.2 Å². The van der Waals surface area contributed by atoms with E-state index in [4.69, 9.17) is 9.47 Å². The molecule has 0 radical (unpaired) electrons. The van der Waals surface area contributed by atoms with E-state index in [1.54, 1.807) is 67.8 Å².